The smallest absolute Gasteiger partial charge is 0.355 e. The summed E-state index contributed by atoms with van der Waals surface area (Å²) in [6.45, 7) is 1.76. The van der Waals surface area contributed by atoms with Crippen LogP contribution in [-0.4, -0.2) is 23.6 Å². The first-order valence-electron chi connectivity index (χ1n) is 5.41. The van der Waals surface area contributed by atoms with Gasteiger partial charge in [0.25, 0.3) is 0 Å². The molecule has 0 amide bonds. The van der Waals surface area contributed by atoms with Crippen molar-refractivity contribution in [2.45, 2.75) is 13.3 Å². The van der Waals surface area contributed by atoms with E-state index in [1.165, 1.54) is 11.7 Å². The molecule has 0 aliphatic heterocycles. The van der Waals surface area contributed by atoms with Crippen LogP contribution in [0.1, 0.15) is 28.6 Å². The predicted molar refractivity (Wildman–Crippen MR) is 64.2 cm³/mol. The molecule has 0 saturated heterocycles. The normalized spacial score (nSPS) is 10.5. The molecule has 4 heteroatoms. The van der Waals surface area contributed by atoms with Crippen LogP contribution >= 0.6 is 0 Å². The highest BCUT2D eigenvalue weighted by atomic mass is 16.5. The number of hydrogen-bond donors (Lipinski definition) is 0. The van der Waals surface area contributed by atoms with Crippen LogP contribution in [0.2, 0.25) is 0 Å². The van der Waals surface area contributed by atoms with E-state index in [0.717, 1.165) is 10.9 Å². The Bertz CT molecular complexity index is 583. The third kappa shape index (κ3) is 1.82. The van der Waals surface area contributed by atoms with Gasteiger partial charge in [0.2, 0.25) is 5.91 Å². The number of ether oxygens (including phenoxy) is 1. The van der Waals surface area contributed by atoms with Gasteiger partial charge >= 0.3 is 5.97 Å². The van der Waals surface area contributed by atoms with Gasteiger partial charge in [0.05, 0.1) is 12.6 Å². The summed E-state index contributed by atoms with van der Waals surface area (Å²) >= 11 is 0. The Morgan fingerprint density at radius 3 is 2.65 bits per heavy atom. The number of methoxy groups -OCH3 is 1. The molecule has 2 rings (SSSR count). The Morgan fingerprint density at radius 1 is 1.29 bits per heavy atom. The second-order valence-electron chi connectivity index (χ2n) is 3.66. The minimum atomic E-state index is -0.497. The van der Waals surface area contributed by atoms with Crippen LogP contribution in [0.25, 0.3) is 10.9 Å². The number of hydrogen-bond acceptors (Lipinski definition) is 3. The van der Waals surface area contributed by atoms with Crippen molar-refractivity contribution in [3.05, 3.63) is 36.0 Å². The molecule has 0 aliphatic rings. The quantitative estimate of drug-likeness (QED) is 0.746. The number of benzene rings is 1. The molecular formula is C13H13NO3. The van der Waals surface area contributed by atoms with Crippen LogP contribution in [0.3, 0.4) is 0 Å². The van der Waals surface area contributed by atoms with E-state index in [9.17, 15) is 9.59 Å². The van der Waals surface area contributed by atoms with E-state index in [2.05, 4.69) is 4.74 Å². The van der Waals surface area contributed by atoms with Crippen molar-refractivity contribution in [3.63, 3.8) is 0 Å². The zero-order chi connectivity index (χ0) is 12.4. The minimum Gasteiger partial charge on any atom is -0.464 e. The molecule has 88 valence electrons. The molecule has 17 heavy (non-hydrogen) atoms. The zero-order valence-corrected chi connectivity index (χ0v) is 9.77. The highest BCUT2D eigenvalue weighted by Gasteiger charge is 2.19. The summed E-state index contributed by atoms with van der Waals surface area (Å²) < 4.78 is 6.11. The Hall–Kier alpha value is -2.10. The molecule has 0 saturated carbocycles. The average Bonchev–Trinajstić information content (AvgIpc) is 2.76. The zero-order valence-electron chi connectivity index (χ0n) is 9.77. The summed E-state index contributed by atoms with van der Waals surface area (Å²) in [7, 11) is 1.31. The first kappa shape index (κ1) is 11.4. The monoisotopic (exact) mass is 231 g/mol. The molecule has 2 aromatic rings. The lowest BCUT2D eigenvalue weighted by atomic mass is 10.2. The van der Waals surface area contributed by atoms with Gasteiger partial charge in [0, 0.05) is 11.8 Å². The van der Waals surface area contributed by atoms with Gasteiger partial charge in [-0.25, -0.2) is 4.79 Å². The number of para-hydroxylation sites is 1. The third-order valence-corrected chi connectivity index (χ3v) is 2.66. The summed E-state index contributed by atoms with van der Waals surface area (Å²) in [5.74, 6) is -0.616. The summed E-state index contributed by atoms with van der Waals surface area (Å²) in [6, 6.07) is 9.05. The van der Waals surface area contributed by atoms with E-state index in [-0.39, 0.29) is 11.6 Å². The number of carbonyl (C=O) groups excluding carboxylic acids is 2. The molecular weight excluding hydrogens is 218 g/mol. The predicted octanol–water partition coefficient (Wildman–Crippen LogP) is 2.48. The van der Waals surface area contributed by atoms with Gasteiger partial charge in [-0.05, 0) is 12.1 Å². The van der Waals surface area contributed by atoms with Gasteiger partial charge < -0.3 is 4.74 Å². The van der Waals surface area contributed by atoms with E-state index in [1.54, 1.807) is 13.0 Å². The van der Waals surface area contributed by atoms with Crippen LogP contribution in [0.5, 0.6) is 0 Å². The maximum Gasteiger partial charge on any atom is 0.355 e. The van der Waals surface area contributed by atoms with Crippen molar-refractivity contribution in [1.82, 2.24) is 4.57 Å². The Kier molecular flexibility index (Phi) is 2.95. The van der Waals surface area contributed by atoms with Crippen LogP contribution in [0, 0.1) is 0 Å². The lowest BCUT2D eigenvalue weighted by Gasteiger charge is -2.06. The van der Waals surface area contributed by atoms with Gasteiger partial charge in [0.15, 0.2) is 0 Å². The van der Waals surface area contributed by atoms with Crippen molar-refractivity contribution >= 4 is 22.8 Å². The topological polar surface area (TPSA) is 48.3 Å². The van der Waals surface area contributed by atoms with Crippen molar-refractivity contribution < 1.29 is 14.3 Å². The summed E-state index contributed by atoms with van der Waals surface area (Å²) in [5.41, 5.74) is 1.01. The van der Waals surface area contributed by atoms with Crippen molar-refractivity contribution in [1.29, 1.82) is 0 Å². The Labute approximate surface area is 98.8 Å². The SMILES string of the molecule is CCC(=O)n1c(C(=O)OC)cc2ccccc21. The van der Waals surface area contributed by atoms with Gasteiger partial charge in [-0.15, -0.1) is 0 Å². The lowest BCUT2D eigenvalue weighted by molar-refractivity contribution is 0.0582. The van der Waals surface area contributed by atoms with Crippen LogP contribution in [0.15, 0.2) is 30.3 Å². The van der Waals surface area contributed by atoms with E-state index < -0.39 is 5.97 Å². The summed E-state index contributed by atoms with van der Waals surface area (Å²) in [5, 5.41) is 0.856. The minimum absolute atomic E-state index is 0.119. The molecule has 0 atom stereocenters. The molecule has 1 aromatic heterocycles. The van der Waals surface area contributed by atoms with Crippen molar-refractivity contribution in [3.8, 4) is 0 Å². The van der Waals surface area contributed by atoms with Gasteiger partial charge in [0.1, 0.15) is 5.69 Å². The molecule has 0 fully saturated rings. The second-order valence-corrected chi connectivity index (χ2v) is 3.66. The van der Waals surface area contributed by atoms with Crippen LogP contribution in [-0.2, 0) is 4.74 Å². The molecule has 0 unspecified atom stereocenters. The number of fused-ring (bicyclic) bond motifs is 1. The fourth-order valence-corrected chi connectivity index (χ4v) is 1.84. The first-order valence-corrected chi connectivity index (χ1v) is 5.41. The number of aromatic nitrogens is 1. The first-order chi connectivity index (χ1) is 8.19. The number of esters is 1. The highest BCUT2D eigenvalue weighted by molar-refractivity contribution is 6.02. The Balaban J connectivity index is 2.73. The van der Waals surface area contributed by atoms with Crippen molar-refractivity contribution in [2.24, 2.45) is 0 Å². The van der Waals surface area contributed by atoms with Gasteiger partial charge in [-0.1, -0.05) is 25.1 Å². The third-order valence-electron chi connectivity index (χ3n) is 2.66. The highest BCUT2D eigenvalue weighted by Crippen LogP contribution is 2.20. The van der Waals surface area contributed by atoms with Crippen LogP contribution in [0.4, 0.5) is 0 Å². The fourth-order valence-electron chi connectivity index (χ4n) is 1.84. The number of carbonyl (C=O) groups is 2. The van der Waals surface area contributed by atoms with E-state index >= 15 is 0 Å². The maximum absolute atomic E-state index is 11.9. The molecule has 4 nitrogen and oxygen atoms in total. The second kappa shape index (κ2) is 4.41. The molecule has 1 heterocycles. The molecule has 1 aromatic carbocycles. The lowest BCUT2D eigenvalue weighted by Crippen LogP contribution is -2.16. The molecule has 0 aliphatic carbocycles. The fraction of sp³-hybridized carbons (Fsp3) is 0.231. The number of nitrogens with zero attached hydrogens (tertiary/aromatic N) is 1. The van der Waals surface area contributed by atoms with Crippen molar-refractivity contribution in [2.75, 3.05) is 7.11 Å². The standard InChI is InChI=1S/C13H13NO3/c1-3-12(15)14-10-7-5-4-6-9(10)8-11(14)13(16)17-2/h4-8H,3H2,1-2H3. The molecule has 0 spiro atoms. The van der Waals surface area contributed by atoms with Crippen LogP contribution < -0.4 is 0 Å². The van der Waals surface area contributed by atoms with E-state index in [1.807, 2.05) is 24.3 Å². The van der Waals surface area contributed by atoms with Gasteiger partial charge in [-0.2, -0.15) is 0 Å². The summed E-state index contributed by atoms with van der Waals surface area (Å²) in [6.07, 6.45) is 0.336. The van der Waals surface area contributed by atoms with Gasteiger partial charge in [-0.3, -0.25) is 9.36 Å². The van der Waals surface area contributed by atoms with E-state index in [0.29, 0.717) is 6.42 Å². The largest absolute Gasteiger partial charge is 0.464 e. The maximum atomic E-state index is 11.9. The average molecular weight is 231 g/mol. The molecule has 0 bridgehead atoms. The Morgan fingerprint density at radius 2 is 2.00 bits per heavy atom. The molecule has 0 N–H and O–H groups in total. The summed E-state index contributed by atoms with van der Waals surface area (Å²) in [4.78, 5) is 23.5. The number of rotatable bonds is 2. The van der Waals surface area contributed by atoms with E-state index in [4.69, 9.17) is 0 Å². The molecule has 0 radical (unpaired) electrons.